The van der Waals surface area contributed by atoms with Crippen LogP contribution in [0.1, 0.15) is 21.9 Å². The number of nitrogens with two attached hydrogens (primary N) is 1. The van der Waals surface area contributed by atoms with Crippen LogP contribution in [0, 0.1) is 11.3 Å². The number of fused-ring (bicyclic) bond motifs is 1. The van der Waals surface area contributed by atoms with Crippen LogP contribution in [0.4, 0.5) is 0 Å². The van der Waals surface area contributed by atoms with E-state index in [1.807, 2.05) is 0 Å². The van der Waals surface area contributed by atoms with Crippen LogP contribution in [-0.4, -0.2) is 36.3 Å². The van der Waals surface area contributed by atoms with Gasteiger partial charge in [-0.05, 0) is 23.1 Å². The highest BCUT2D eigenvalue weighted by Gasteiger charge is 2.32. The van der Waals surface area contributed by atoms with Crippen LogP contribution in [0.3, 0.4) is 0 Å². The van der Waals surface area contributed by atoms with E-state index in [0.717, 1.165) is 43.3 Å². The maximum atomic E-state index is 9.73. The predicted molar refractivity (Wildman–Crippen MR) is 97.8 cm³/mol. The lowest BCUT2D eigenvalue weighted by Crippen LogP contribution is -2.35. The molecule has 0 amide bonds. The smallest absolute Gasteiger partial charge is 0.205 e. The lowest BCUT2D eigenvalue weighted by molar-refractivity contribution is 0.0342. The maximum absolute atomic E-state index is 9.73. The molecule has 2 aliphatic heterocycles. The summed E-state index contributed by atoms with van der Waals surface area (Å²) in [7, 11) is 0. The zero-order chi connectivity index (χ0) is 18.1. The summed E-state index contributed by atoms with van der Waals surface area (Å²) in [4.78, 5) is 3.41. The second-order valence-corrected chi connectivity index (χ2v) is 7.34. The first-order chi connectivity index (χ1) is 12.7. The first-order valence-corrected chi connectivity index (χ1v) is 9.31. The van der Waals surface area contributed by atoms with Gasteiger partial charge in [0.1, 0.15) is 23.1 Å². The summed E-state index contributed by atoms with van der Waals surface area (Å²) in [6.07, 6.45) is 0. The number of aromatic hydroxyl groups is 1. The Hall–Kier alpha value is -2.53. The second kappa shape index (κ2) is 7.00. The molecule has 3 heterocycles. The molecule has 7 heteroatoms. The van der Waals surface area contributed by atoms with Crippen LogP contribution in [0.15, 0.2) is 41.1 Å². The Labute approximate surface area is 155 Å². The van der Waals surface area contributed by atoms with Crippen molar-refractivity contribution in [3.05, 3.63) is 57.1 Å². The zero-order valence-electron chi connectivity index (χ0n) is 14.1. The van der Waals surface area contributed by atoms with E-state index in [0.29, 0.717) is 11.3 Å². The van der Waals surface area contributed by atoms with E-state index in [1.165, 1.54) is 11.6 Å². The monoisotopic (exact) mass is 369 g/mol. The lowest BCUT2D eigenvalue weighted by Gasteiger charge is -2.26. The van der Waals surface area contributed by atoms with Crippen molar-refractivity contribution in [1.82, 2.24) is 4.90 Å². The molecule has 3 N–H and O–H groups in total. The van der Waals surface area contributed by atoms with Crippen molar-refractivity contribution >= 4 is 11.3 Å². The summed E-state index contributed by atoms with van der Waals surface area (Å²) in [6, 6.07) is 9.26. The van der Waals surface area contributed by atoms with Crippen LogP contribution in [0.5, 0.6) is 11.5 Å². The number of hydrogen-bond acceptors (Lipinski definition) is 7. The maximum Gasteiger partial charge on any atom is 0.205 e. The van der Waals surface area contributed by atoms with Gasteiger partial charge in [0.25, 0.3) is 0 Å². The molecule has 1 fully saturated rings. The number of phenols is 1. The molecule has 0 saturated carbocycles. The van der Waals surface area contributed by atoms with Crippen molar-refractivity contribution in [3.8, 4) is 17.6 Å². The number of phenolic OH excluding ortho intramolecular Hbond substituents is 1. The molecule has 1 aromatic heterocycles. The van der Waals surface area contributed by atoms with E-state index in [-0.39, 0.29) is 17.6 Å². The minimum absolute atomic E-state index is 0.0960. The molecule has 0 aliphatic carbocycles. The molecule has 4 rings (SSSR count). The van der Waals surface area contributed by atoms with Crippen molar-refractivity contribution in [1.29, 1.82) is 5.26 Å². The molecule has 2 aliphatic rings. The third-order valence-corrected chi connectivity index (χ3v) is 5.72. The number of benzene rings is 1. The molecule has 0 spiro atoms. The number of nitrogens with zero attached hydrogens (tertiary/aromatic N) is 2. The van der Waals surface area contributed by atoms with Gasteiger partial charge in [0.05, 0.1) is 19.1 Å². The molecule has 134 valence electrons. The minimum atomic E-state index is -0.271. The van der Waals surface area contributed by atoms with Gasteiger partial charge in [-0.2, -0.15) is 5.26 Å². The van der Waals surface area contributed by atoms with E-state index in [1.54, 1.807) is 23.5 Å². The highest BCUT2D eigenvalue weighted by Crippen LogP contribution is 2.45. The molecule has 0 radical (unpaired) electrons. The third-order valence-electron chi connectivity index (χ3n) is 4.67. The fraction of sp³-hybridized carbons (Fsp3) is 0.316. The lowest BCUT2D eigenvalue weighted by atomic mass is 9.88. The molecular formula is C19H19N3O3S. The van der Waals surface area contributed by atoms with Crippen molar-refractivity contribution in [2.75, 3.05) is 26.3 Å². The predicted octanol–water partition coefficient (Wildman–Crippen LogP) is 2.50. The number of ether oxygens (including phenoxy) is 2. The van der Waals surface area contributed by atoms with Gasteiger partial charge in [-0.25, -0.2) is 0 Å². The normalized spacial score (nSPS) is 20.3. The van der Waals surface area contributed by atoms with Crippen LogP contribution in [0.25, 0.3) is 0 Å². The van der Waals surface area contributed by atoms with E-state index in [4.69, 9.17) is 15.2 Å². The minimum Gasteiger partial charge on any atom is -0.508 e. The van der Waals surface area contributed by atoms with Gasteiger partial charge in [-0.3, -0.25) is 4.90 Å². The van der Waals surface area contributed by atoms with E-state index < -0.39 is 0 Å². The number of morpholine rings is 1. The van der Waals surface area contributed by atoms with Crippen LogP contribution < -0.4 is 10.5 Å². The van der Waals surface area contributed by atoms with E-state index in [9.17, 15) is 10.4 Å². The van der Waals surface area contributed by atoms with Gasteiger partial charge in [-0.15, -0.1) is 11.3 Å². The van der Waals surface area contributed by atoms with Gasteiger partial charge in [0.2, 0.25) is 5.88 Å². The van der Waals surface area contributed by atoms with Crippen molar-refractivity contribution < 1.29 is 14.6 Å². The fourth-order valence-electron chi connectivity index (χ4n) is 3.38. The summed E-state index contributed by atoms with van der Waals surface area (Å²) < 4.78 is 11.0. The van der Waals surface area contributed by atoms with Gasteiger partial charge >= 0.3 is 0 Å². The Kier molecular flexibility index (Phi) is 4.55. The summed E-state index contributed by atoms with van der Waals surface area (Å²) in [5.41, 5.74) is 8.44. The summed E-state index contributed by atoms with van der Waals surface area (Å²) in [5, 5.41) is 21.5. The Morgan fingerprint density at radius 2 is 2.12 bits per heavy atom. The molecule has 1 atom stereocenters. The first kappa shape index (κ1) is 16.9. The Morgan fingerprint density at radius 3 is 2.88 bits per heavy atom. The highest BCUT2D eigenvalue weighted by molar-refractivity contribution is 7.10. The largest absolute Gasteiger partial charge is 0.508 e. The van der Waals surface area contributed by atoms with Gasteiger partial charge in [0, 0.05) is 36.1 Å². The van der Waals surface area contributed by atoms with E-state index >= 15 is 0 Å². The van der Waals surface area contributed by atoms with Crippen molar-refractivity contribution in [3.63, 3.8) is 0 Å². The van der Waals surface area contributed by atoms with E-state index in [2.05, 4.69) is 22.4 Å². The fourth-order valence-corrected chi connectivity index (χ4v) is 4.41. The number of nitriles is 1. The number of allylic oxidation sites excluding steroid dienone is 1. The number of rotatable bonds is 3. The van der Waals surface area contributed by atoms with Gasteiger partial charge in [0.15, 0.2) is 0 Å². The molecule has 6 nitrogen and oxygen atoms in total. The zero-order valence-corrected chi connectivity index (χ0v) is 15.0. The summed E-state index contributed by atoms with van der Waals surface area (Å²) in [5.74, 6) is 0.427. The molecule has 1 aromatic carbocycles. The molecule has 0 unspecified atom stereocenters. The topological polar surface area (TPSA) is 91.7 Å². The Balaban J connectivity index is 1.67. The Bertz CT molecular complexity index is 894. The highest BCUT2D eigenvalue weighted by atomic mass is 32.1. The third kappa shape index (κ3) is 3.15. The van der Waals surface area contributed by atoms with Crippen LogP contribution in [0.2, 0.25) is 0 Å². The molecule has 2 aromatic rings. The van der Waals surface area contributed by atoms with Gasteiger partial charge in [-0.1, -0.05) is 6.07 Å². The number of thiophene rings is 1. The molecular weight excluding hydrogens is 350 g/mol. The second-order valence-electron chi connectivity index (χ2n) is 6.39. The average Bonchev–Trinajstić information content (AvgIpc) is 3.09. The summed E-state index contributed by atoms with van der Waals surface area (Å²) >= 11 is 1.62. The Morgan fingerprint density at radius 1 is 1.31 bits per heavy atom. The SMILES string of the molecule is N#CC1=C(N)Oc2cc(O)ccc2[C@H]1c1cc(CN2CCOCC2)cs1. The van der Waals surface area contributed by atoms with Gasteiger partial charge < -0.3 is 20.3 Å². The molecule has 0 bridgehead atoms. The van der Waals surface area contributed by atoms with Crippen molar-refractivity contribution in [2.45, 2.75) is 12.5 Å². The standard InChI is InChI=1S/C19H19N3O3S/c20-9-15-18(14-2-1-13(23)8-16(14)25-19(15)21)17-7-12(11-26-17)10-22-3-5-24-6-4-22/h1-2,7-8,11,18,23H,3-6,10,21H2/t18-/m1/s1. The summed E-state index contributed by atoms with van der Waals surface area (Å²) in [6.45, 7) is 4.27. The molecule has 1 saturated heterocycles. The quantitative estimate of drug-likeness (QED) is 0.864. The molecule has 26 heavy (non-hydrogen) atoms. The average molecular weight is 369 g/mol. The number of hydrogen-bond donors (Lipinski definition) is 2. The van der Waals surface area contributed by atoms with Crippen LogP contribution >= 0.6 is 11.3 Å². The van der Waals surface area contributed by atoms with Crippen LogP contribution in [-0.2, 0) is 11.3 Å². The van der Waals surface area contributed by atoms with Crippen molar-refractivity contribution in [2.24, 2.45) is 5.73 Å². The first-order valence-electron chi connectivity index (χ1n) is 8.43.